The number of rotatable bonds is 4. The van der Waals surface area contributed by atoms with E-state index in [1.165, 1.54) is 6.07 Å². The number of hydrogen-bond donors (Lipinski definition) is 1. The monoisotopic (exact) mass is 265 g/mol. The molecule has 0 saturated carbocycles. The average Bonchev–Trinajstić information content (AvgIpc) is 2.32. The van der Waals surface area contributed by atoms with Crippen LogP contribution in [0.3, 0.4) is 0 Å². The Morgan fingerprint density at radius 1 is 1.21 bits per heavy atom. The Balaban J connectivity index is 2.27. The van der Waals surface area contributed by atoms with Crippen LogP contribution in [0.4, 0.5) is 14.6 Å². The molecule has 0 atom stereocenters. The summed E-state index contributed by atoms with van der Waals surface area (Å²) in [6, 6.07) is 4.65. The lowest BCUT2D eigenvalue weighted by atomic mass is 10.3. The molecule has 1 N–H and O–H groups in total. The molecule has 0 unspecified atom stereocenters. The molecule has 4 nitrogen and oxygen atoms in total. The molecule has 0 aliphatic heterocycles. The first-order valence-electron chi connectivity index (χ1n) is 5.81. The number of anilines is 1. The Morgan fingerprint density at radius 3 is 2.68 bits per heavy atom. The topological polar surface area (TPSA) is 47.0 Å². The molecule has 0 aliphatic rings. The molecule has 2 rings (SSSR count). The highest BCUT2D eigenvalue weighted by Crippen LogP contribution is 2.24. The van der Waals surface area contributed by atoms with Crippen LogP contribution in [0.2, 0.25) is 0 Å². The van der Waals surface area contributed by atoms with Crippen molar-refractivity contribution in [1.82, 2.24) is 9.97 Å². The maximum absolute atomic E-state index is 13.5. The lowest BCUT2D eigenvalue weighted by Gasteiger charge is -2.09. The smallest absolute Gasteiger partial charge is 0.224 e. The van der Waals surface area contributed by atoms with Crippen LogP contribution in [0.5, 0.6) is 11.6 Å². The number of aryl methyl sites for hydroxylation is 1. The highest BCUT2D eigenvalue weighted by Gasteiger charge is 2.08. The van der Waals surface area contributed by atoms with Gasteiger partial charge < -0.3 is 10.1 Å². The van der Waals surface area contributed by atoms with Gasteiger partial charge in [0.05, 0.1) is 0 Å². The van der Waals surface area contributed by atoms with Gasteiger partial charge in [0.1, 0.15) is 17.5 Å². The van der Waals surface area contributed by atoms with Crippen LogP contribution in [0.25, 0.3) is 0 Å². The van der Waals surface area contributed by atoms with E-state index < -0.39 is 11.6 Å². The van der Waals surface area contributed by atoms with Gasteiger partial charge in [-0.05, 0) is 26.0 Å². The number of ether oxygens (including phenoxy) is 1. The summed E-state index contributed by atoms with van der Waals surface area (Å²) in [6.07, 6.45) is 0. The predicted molar refractivity (Wildman–Crippen MR) is 67.4 cm³/mol. The molecular weight excluding hydrogens is 252 g/mol. The van der Waals surface area contributed by atoms with Crippen LogP contribution in [-0.4, -0.2) is 16.5 Å². The fourth-order valence-electron chi connectivity index (χ4n) is 1.53. The van der Waals surface area contributed by atoms with E-state index in [0.29, 0.717) is 18.2 Å². The van der Waals surface area contributed by atoms with E-state index in [-0.39, 0.29) is 11.6 Å². The third kappa shape index (κ3) is 3.37. The summed E-state index contributed by atoms with van der Waals surface area (Å²) in [5, 5.41) is 3.01. The Bertz CT molecular complexity index is 590. The molecule has 1 aromatic heterocycles. The SMILES string of the molecule is CCNc1cc(Oc2ccc(F)cc2F)nc(C)n1. The van der Waals surface area contributed by atoms with Gasteiger partial charge in [-0.1, -0.05) is 0 Å². The van der Waals surface area contributed by atoms with Gasteiger partial charge >= 0.3 is 0 Å². The molecule has 0 amide bonds. The number of aromatic nitrogens is 2. The molecule has 6 heteroatoms. The standard InChI is InChI=1S/C13H13F2N3O/c1-3-16-12-7-13(18-8(2)17-12)19-11-5-4-9(14)6-10(11)15/h4-7H,3H2,1-2H3,(H,16,17,18). The third-order valence-electron chi connectivity index (χ3n) is 2.28. The maximum Gasteiger partial charge on any atom is 0.224 e. The van der Waals surface area contributed by atoms with Gasteiger partial charge in [0.2, 0.25) is 5.88 Å². The molecule has 0 aliphatic carbocycles. The van der Waals surface area contributed by atoms with Crippen LogP contribution in [-0.2, 0) is 0 Å². The third-order valence-corrected chi connectivity index (χ3v) is 2.28. The van der Waals surface area contributed by atoms with Crippen LogP contribution < -0.4 is 10.1 Å². The summed E-state index contributed by atoms with van der Waals surface area (Å²) in [4.78, 5) is 8.19. The molecule has 0 radical (unpaired) electrons. The van der Waals surface area contributed by atoms with Crippen molar-refractivity contribution in [2.75, 3.05) is 11.9 Å². The minimum absolute atomic E-state index is 0.0815. The molecule has 100 valence electrons. The average molecular weight is 265 g/mol. The Labute approximate surface area is 109 Å². The van der Waals surface area contributed by atoms with Crippen LogP contribution in [0.1, 0.15) is 12.7 Å². The minimum atomic E-state index is -0.777. The van der Waals surface area contributed by atoms with Gasteiger partial charge in [0.15, 0.2) is 11.6 Å². The molecule has 0 saturated heterocycles. The zero-order valence-electron chi connectivity index (χ0n) is 10.6. The van der Waals surface area contributed by atoms with Gasteiger partial charge in [-0.3, -0.25) is 0 Å². The fraction of sp³-hybridized carbons (Fsp3) is 0.231. The first-order valence-corrected chi connectivity index (χ1v) is 5.81. The molecule has 0 spiro atoms. The minimum Gasteiger partial charge on any atom is -0.436 e. The lowest BCUT2D eigenvalue weighted by molar-refractivity contribution is 0.422. The quantitative estimate of drug-likeness (QED) is 0.921. The summed E-state index contributed by atoms with van der Waals surface area (Å²) in [7, 11) is 0. The lowest BCUT2D eigenvalue weighted by Crippen LogP contribution is -2.03. The second-order valence-electron chi connectivity index (χ2n) is 3.85. The van der Waals surface area contributed by atoms with Crippen molar-refractivity contribution in [2.45, 2.75) is 13.8 Å². The van der Waals surface area contributed by atoms with E-state index in [1.807, 2.05) is 6.92 Å². The number of nitrogens with zero attached hydrogens (tertiary/aromatic N) is 2. The second kappa shape index (κ2) is 5.60. The van der Waals surface area contributed by atoms with Gasteiger partial charge in [-0.2, -0.15) is 4.98 Å². The molecule has 1 heterocycles. The van der Waals surface area contributed by atoms with Gasteiger partial charge in [-0.25, -0.2) is 13.8 Å². The van der Waals surface area contributed by atoms with Crippen molar-refractivity contribution in [1.29, 1.82) is 0 Å². The van der Waals surface area contributed by atoms with E-state index >= 15 is 0 Å². The van der Waals surface area contributed by atoms with Crippen molar-refractivity contribution in [3.05, 3.63) is 41.7 Å². The summed E-state index contributed by atoms with van der Waals surface area (Å²) >= 11 is 0. The first-order chi connectivity index (χ1) is 9.08. The molecule has 0 bridgehead atoms. The molecule has 19 heavy (non-hydrogen) atoms. The maximum atomic E-state index is 13.5. The van der Waals surface area contributed by atoms with E-state index in [2.05, 4.69) is 15.3 Å². The van der Waals surface area contributed by atoms with E-state index in [9.17, 15) is 8.78 Å². The number of benzene rings is 1. The van der Waals surface area contributed by atoms with Crippen molar-refractivity contribution in [3.63, 3.8) is 0 Å². The molecule has 1 aromatic carbocycles. The van der Waals surface area contributed by atoms with Gasteiger partial charge in [-0.15, -0.1) is 0 Å². The van der Waals surface area contributed by atoms with Crippen LogP contribution in [0.15, 0.2) is 24.3 Å². The zero-order valence-corrected chi connectivity index (χ0v) is 10.6. The normalized spacial score (nSPS) is 10.3. The zero-order chi connectivity index (χ0) is 13.8. The Morgan fingerprint density at radius 2 is 2.00 bits per heavy atom. The van der Waals surface area contributed by atoms with E-state index in [4.69, 9.17) is 4.74 Å². The fourth-order valence-corrected chi connectivity index (χ4v) is 1.53. The van der Waals surface area contributed by atoms with E-state index in [0.717, 1.165) is 12.1 Å². The van der Waals surface area contributed by atoms with E-state index in [1.54, 1.807) is 13.0 Å². The number of halogens is 2. The molecular formula is C13H13F2N3O. The summed E-state index contributed by atoms with van der Waals surface area (Å²) in [5.74, 6) is -0.224. The Kier molecular flexibility index (Phi) is 3.89. The summed E-state index contributed by atoms with van der Waals surface area (Å²) in [5.41, 5.74) is 0. The number of nitrogens with one attached hydrogen (secondary N) is 1. The van der Waals surface area contributed by atoms with Gasteiger partial charge in [0.25, 0.3) is 0 Å². The largest absolute Gasteiger partial charge is 0.436 e. The highest BCUT2D eigenvalue weighted by atomic mass is 19.1. The van der Waals surface area contributed by atoms with Crippen molar-refractivity contribution < 1.29 is 13.5 Å². The molecule has 2 aromatic rings. The highest BCUT2D eigenvalue weighted by molar-refractivity contribution is 5.40. The van der Waals surface area contributed by atoms with Gasteiger partial charge in [0, 0.05) is 18.7 Å². The number of hydrogen-bond acceptors (Lipinski definition) is 4. The van der Waals surface area contributed by atoms with Crippen LogP contribution >= 0.6 is 0 Å². The van der Waals surface area contributed by atoms with Crippen LogP contribution in [0, 0.1) is 18.6 Å². The molecule has 0 fully saturated rings. The van der Waals surface area contributed by atoms with Crippen molar-refractivity contribution in [2.24, 2.45) is 0 Å². The van der Waals surface area contributed by atoms with Crippen molar-refractivity contribution in [3.8, 4) is 11.6 Å². The second-order valence-corrected chi connectivity index (χ2v) is 3.85. The van der Waals surface area contributed by atoms with Crippen molar-refractivity contribution >= 4 is 5.82 Å². The Hall–Kier alpha value is -2.24. The predicted octanol–water partition coefficient (Wildman–Crippen LogP) is 3.29. The summed E-state index contributed by atoms with van der Waals surface area (Å²) in [6.45, 7) is 4.33. The first kappa shape index (κ1) is 13.2. The summed E-state index contributed by atoms with van der Waals surface area (Å²) < 4.78 is 31.5.